The number of halogens is 1. The van der Waals surface area contributed by atoms with Crippen LogP contribution in [0.5, 0.6) is 5.75 Å². The van der Waals surface area contributed by atoms with Gasteiger partial charge in [0, 0.05) is 30.3 Å². The molecule has 1 amide bonds. The first-order valence-corrected chi connectivity index (χ1v) is 8.66. The number of hydrogen-bond donors (Lipinski definition) is 2. The summed E-state index contributed by atoms with van der Waals surface area (Å²) in [6, 6.07) is 13.1. The van der Waals surface area contributed by atoms with Crippen LogP contribution >= 0.6 is 0 Å². The number of hydrogen-bond acceptors (Lipinski definition) is 3. The predicted octanol–water partition coefficient (Wildman–Crippen LogP) is 3.80. The minimum atomic E-state index is -1.14. The summed E-state index contributed by atoms with van der Waals surface area (Å²) < 4.78 is 20.4. The molecule has 1 aromatic heterocycles. The second-order valence-corrected chi connectivity index (χ2v) is 6.54. The zero-order valence-electron chi connectivity index (χ0n) is 15.0. The minimum absolute atomic E-state index is 0.00187. The van der Waals surface area contributed by atoms with Crippen LogP contribution in [-0.2, 0) is 4.79 Å². The zero-order valence-corrected chi connectivity index (χ0v) is 15.0. The van der Waals surface area contributed by atoms with Crippen molar-refractivity contribution < 1.29 is 23.8 Å². The van der Waals surface area contributed by atoms with E-state index in [1.165, 1.54) is 18.3 Å². The van der Waals surface area contributed by atoms with Crippen LogP contribution in [0.3, 0.4) is 0 Å². The van der Waals surface area contributed by atoms with E-state index in [0.717, 1.165) is 5.56 Å². The van der Waals surface area contributed by atoms with Gasteiger partial charge in [0.2, 0.25) is 5.91 Å². The highest BCUT2D eigenvalue weighted by Crippen LogP contribution is 2.41. The third-order valence-electron chi connectivity index (χ3n) is 4.86. The number of anilines is 1. The number of aromatic nitrogens is 1. The highest BCUT2D eigenvalue weighted by Gasteiger charge is 2.34. The molecule has 1 atom stereocenters. The second kappa shape index (κ2) is 6.84. The molecular weight excluding hydrogens is 363 g/mol. The van der Waals surface area contributed by atoms with Gasteiger partial charge in [-0.3, -0.25) is 4.79 Å². The summed E-state index contributed by atoms with van der Waals surface area (Å²) in [5.74, 6) is -1.59. The number of carboxylic acid groups (broad SMARTS) is 1. The number of methoxy groups -OCH3 is 1. The topological polar surface area (TPSA) is 80.6 Å². The molecule has 2 heterocycles. The molecule has 0 saturated carbocycles. The van der Waals surface area contributed by atoms with E-state index in [9.17, 15) is 19.1 Å². The number of carboxylic acids is 1. The van der Waals surface area contributed by atoms with Crippen molar-refractivity contribution in [2.45, 2.75) is 12.3 Å². The smallest absolute Gasteiger partial charge is 0.339 e. The Balaban J connectivity index is 1.96. The number of aromatic carboxylic acids is 1. The lowest BCUT2D eigenvalue weighted by molar-refractivity contribution is -0.116. The Morgan fingerprint density at radius 2 is 2.00 bits per heavy atom. The van der Waals surface area contributed by atoms with Gasteiger partial charge in [-0.1, -0.05) is 18.2 Å². The van der Waals surface area contributed by atoms with Gasteiger partial charge < -0.3 is 19.7 Å². The Morgan fingerprint density at radius 1 is 1.25 bits per heavy atom. The van der Waals surface area contributed by atoms with E-state index in [1.807, 2.05) is 6.07 Å². The number of ether oxygens (including phenoxy) is 1. The summed E-state index contributed by atoms with van der Waals surface area (Å²) in [6.07, 6.45) is 1.62. The molecule has 4 rings (SSSR count). The largest absolute Gasteiger partial charge is 0.497 e. The van der Waals surface area contributed by atoms with E-state index in [0.29, 0.717) is 17.1 Å². The van der Waals surface area contributed by atoms with E-state index >= 15 is 0 Å². The first-order valence-electron chi connectivity index (χ1n) is 8.66. The quantitative estimate of drug-likeness (QED) is 0.722. The maximum Gasteiger partial charge on any atom is 0.339 e. The van der Waals surface area contributed by atoms with Crippen molar-refractivity contribution >= 4 is 17.6 Å². The van der Waals surface area contributed by atoms with Crippen molar-refractivity contribution in [1.82, 2.24) is 4.57 Å². The normalized spacial score (nSPS) is 15.6. The summed E-state index contributed by atoms with van der Waals surface area (Å²) in [5, 5.41) is 12.3. The highest BCUT2D eigenvalue weighted by molar-refractivity contribution is 6.04. The van der Waals surface area contributed by atoms with Crippen molar-refractivity contribution in [1.29, 1.82) is 0 Å². The molecule has 142 valence electrons. The number of nitrogens with zero attached hydrogens (tertiary/aromatic N) is 1. The number of carbonyl (C=O) groups is 2. The molecule has 3 aromatic rings. The Hall–Kier alpha value is -3.61. The van der Waals surface area contributed by atoms with E-state index < -0.39 is 11.9 Å². The molecule has 2 aromatic carbocycles. The van der Waals surface area contributed by atoms with Crippen molar-refractivity contribution in [3.8, 4) is 11.4 Å². The highest BCUT2D eigenvalue weighted by atomic mass is 19.1. The van der Waals surface area contributed by atoms with Gasteiger partial charge in [-0.2, -0.15) is 0 Å². The molecule has 0 fully saturated rings. The fourth-order valence-corrected chi connectivity index (χ4v) is 3.57. The van der Waals surface area contributed by atoms with Crippen LogP contribution in [-0.4, -0.2) is 28.7 Å². The molecule has 0 saturated heterocycles. The molecule has 6 nitrogen and oxygen atoms in total. The number of nitrogens with one attached hydrogen (secondary N) is 1. The maximum atomic E-state index is 13.4. The molecular formula is C21H17FN2O4. The molecule has 2 N–H and O–H groups in total. The first kappa shape index (κ1) is 17.8. The van der Waals surface area contributed by atoms with Gasteiger partial charge in [0.1, 0.15) is 17.1 Å². The van der Waals surface area contributed by atoms with Gasteiger partial charge in [0.15, 0.2) is 0 Å². The zero-order chi connectivity index (χ0) is 19.8. The summed E-state index contributed by atoms with van der Waals surface area (Å²) in [4.78, 5) is 24.1. The molecule has 7 heteroatoms. The van der Waals surface area contributed by atoms with Crippen molar-refractivity contribution in [2.24, 2.45) is 0 Å². The Morgan fingerprint density at radius 3 is 2.68 bits per heavy atom. The van der Waals surface area contributed by atoms with E-state index in [2.05, 4.69) is 5.32 Å². The number of carbonyl (C=O) groups excluding carboxylic acids is 1. The Kier molecular flexibility index (Phi) is 4.35. The van der Waals surface area contributed by atoms with Crippen LogP contribution in [0, 0.1) is 5.82 Å². The lowest BCUT2D eigenvalue weighted by atomic mass is 9.88. The van der Waals surface area contributed by atoms with Crippen molar-refractivity contribution in [2.75, 3.05) is 12.4 Å². The second-order valence-electron chi connectivity index (χ2n) is 6.54. The lowest BCUT2D eigenvalue weighted by Crippen LogP contribution is -2.25. The third kappa shape index (κ3) is 3.00. The van der Waals surface area contributed by atoms with Crippen LogP contribution in [0.2, 0.25) is 0 Å². The number of amides is 1. The molecule has 0 unspecified atom stereocenters. The molecule has 0 bridgehead atoms. The standard InChI is InChI=1S/C21H17FN2O4/c1-28-15-4-2-3-14(9-15)24-11-17(21(26)27)19-20(24)16(10-18(25)23-19)12-5-7-13(22)8-6-12/h2-9,11,16H,10H2,1H3,(H,23,25)(H,26,27)/t16-/m1/s1. The number of benzene rings is 2. The first-order chi connectivity index (χ1) is 13.5. The van der Waals surface area contributed by atoms with Crippen molar-refractivity contribution in [3.63, 3.8) is 0 Å². The fraction of sp³-hybridized carbons (Fsp3) is 0.143. The molecule has 0 aliphatic carbocycles. The molecule has 28 heavy (non-hydrogen) atoms. The fourth-order valence-electron chi connectivity index (χ4n) is 3.57. The SMILES string of the molecule is COc1cccc(-n2cc(C(=O)O)c3c2[C@@H](c2ccc(F)cc2)CC(=O)N3)c1. The molecule has 1 aliphatic heterocycles. The monoisotopic (exact) mass is 380 g/mol. The van der Waals surface area contributed by atoms with E-state index in [4.69, 9.17) is 4.74 Å². The van der Waals surface area contributed by atoms with Crippen molar-refractivity contribution in [3.05, 3.63) is 77.4 Å². The van der Waals surface area contributed by atoms with Crippen LogP contribution < -0.4 is 10.1 Å². The average Bonchev–Trinajstić information content (AvgIpc) is 3.07. The van der Waals surface area contributed by atoms with Crippen LogP contribution in [0.15, 0.2) is 54.7 Å². The van der Waals surface area contributed by atoms with Gasteiger partial charge >= 0.3 is 5.97 Å². The lowest BCUT2D eigenvalue weighted by Gasteiger charge is -2.26. The van der Waals surface area contributed by atoms with Gasteiger partial charge in [-0.25, -0.2) is 9.18 Å². The van der Waals surface area contributed by atoms with Crippen LogP contribution in [0.4, 0.5) is 10.1 Å². The summed E-state index contributed by atoms with van der Waals surface area (Å²) in [7, 11) is 1.55. The van der Waals surface area contributed by atoms with Gasteiger partial charge in [0.05, 0.1) is 18.5 Å². The summed E-state index contributed by atoms with van der Waals surface area (Å²) in [6.45, 7) is 0. The van der Waals surface area contributed by atoms with Gasteiger partial charge in [0.25, 0.3) is 0 Å². The van der Waals surface area contributed by atoms with E-state index in [-0.39, 0.29) is 29.4 Å². The Labute approximate surface area is 160 Å². The van der Waals surface area contributed by atoms with Gasteiger partial charge in [-0.15, -0.1) is 0 Å². The van der Waals surface area contributed by atoms with Crippen LogP contribution in [0.1, 0.15) is 34.0 Å². The average molecular weight is 380 g/mol. The van der Waals surface area contributed by atoms with E-state index in [1.54, 1.807) is 42.0 Å². The predicted molar refractivity (Wildman–Crippen MR) is 101 cm³/mol. The number of rotatable bonds is 4. The minimum Gasteiger partial charge on any atom is -0.497 e. The number of fused-ring (bicyclic) bond motifs is 1. The summed E-state index contributed by atoms with van der Waals surface area (Å²) in [5.41, 5.74) is 2.33. The van der Waals surface area contributed by atoms with Crippen LogP contribution in [0.25, 0.3) is 5.69 Å². The summed E-state index contributed by atoms with van der Waals surface area (Å²) >= 11 is 0. The maximum absolute atomic E-state index is 13.4. The molecule has 0 spiro atoms. The third-order valence-corrected chi connectivity index (χ3v) is 4.86. The van der Waals surface area contributed by atoms with Gasteiger partial charge in [-0.05, 0) is 29.8 Å². The Bertz CT molecular complexity index is 1070. The molecule has 1 aliphatic rings. The molecule has 0 radical (unpaired) electrons.